The summed E-state index contributed by atoms with van der Waals surface area (Å²) in [6, 6.07) is 2.87. The zero-order valence-electron chi connectivity index (χ0n) is 11.4. The Balaban J connectivity index is 2.13. The number of hydrogen-bond donors (Lipinski definition) is 2. The van der Waals surface area contributed by atoms with Crippen molar-refractivity contribution in [3.63, 3.8) is 0 Å². The number of carbonyl (C=O) groups excluding carboxylic acids is 1. The predicted molar refractivity (Wildman–Crippen MR) is 76.5 cm³/mol. The van der Waals surface area contributed by atoms with E-state index in [1.54, 1.807) is 0 Å². The second kappa shape index (κ2) is 6.21. The van der Waals surface area contributed by atoms with Crippen LogP contribution in [0.3, 0.4) is 0 Å². The van der Waals surface area contributed by atoms with Crippen molar-refractivity contribution in [3.8, 4) is 0 Å². The van der Waals surface area contributed by atoms with E-state index in [9.17, 15) is 13.2 Å². The van der Waals surface area contributed by atoms with Gasteiger partial charge in [-0.2, -0.15) is 0 Å². The standard InChI is InChI=1S/C12H18N2O4S2/c1-8-9(4-3-7-13-8)14-20(16,17)11-6-5-10(19-11)12(15)18-2/h5-6,8-9,13-14H,3-4,7H2,1-2H3. The average Bonchev–Trinajstić information content (AvgIpc) is 2.91. The Bertz CT molecular complexity index is 582. The molecule has 112 valence electrons. The van der Waals surface area contributed by atoms with Crippen LogP contribution in [0.4, 0.5) is 0 Å². The summed E-state index contributed by atoms with van der Waals surface area (Å²) in [5, 5.41) is 3.24. The number of methoxy groups -OCH3 is 1. The van der Waals surface area contributed by atoms with E-state index in [0.717, 1.165) is 30.7 Å². The topological polar surface area (TPSA) is 84.5 Å². The van der Waals surface area contributed by atoms with Crippen LogP contribution in [0.15, 0.2) is 16.3 Å². The zero-order chi connectivity index (χ0) is 14.8. The van der Waals surface area contributed by atoms with Crippen molar-refractivity contribution >= 4 is 27.3 Å². The Morgan fingerprint density at radius 2 is 2.25 bits per heavy atom. The van der Waals surface area contributed by atoms with Gasteiger partial charge in [0, 0.05) is 12.1 Å². The summed E-state index contributed by atoms with van der Waals surface area (Å²) in [6.45, 7) is 2.87. The van der Waals surface area contributed by atoms with Crippen molar-refractivity contribution in [1.29, 1.82) is 0 Å². The van der Waals surface area contributed by atoms with Gasteiger partial charge >= 0.3 is 5.97 Å². The lowest BCUT2D eigenvalue weighted by Crippen LogP contribution is -2.51. The lowest BCUT2D eigenvalue weighted by Gasteiger charge is -2.30. The van der Waals surface area contributed by atoms with E-state index in [1.807, 2.05) is 6.92 Å². The van der Waals surface area contributed by atoms with E-state index in [-0.39, 0.29) is 21.2 Å². The molecular formula is C12H18N2O4S2. The summed E-state index contributed by atoms with van der Waals surface area (Å²) in [5.41, 5.74) is 0. The quantitative estimate of drug-likeness (QED) is 0.808. The molecule has 2 rings (SSSR count). The molecule has 0 radical (unpaired) electrons. The molecule has 2 unspecified atom stereocenters. The van der Waals surface area contributed by atoms with E-state index >= 15 is 0 Å². The molecule has 1 aliphatic heterocycles. The minimum absolute atomic E-state index is 0.0959. The first-order valence-corrected chi connectivity index (χ1v) is 8.68. The summed E-state index contributed by atoms with van der Waals surface area (Å²) >= 11 is 0.917. The van der Waals surface area contributed by atoms with Gasteiger partial charge in [-0.1, -0.05) is 0 Å². The minimum atomic E-state index is -3.59. The highest BCUT2D eigenvalue weighted by Crippen LogP contribution is 2.23. The van der Waals surface area contributed by atoms with Gasteiger partial charge in [0.25, 0.3) is 0 Å². The van der Waals surface area contributed by atoms with Crippen LogP contribution in [-0.2, 0) is 14.8 Å². The van der Waals surface area contributed by atoms with Crippen molar-refractivity contribution in [2.45, 2.75) is 36.1 Å². The van der Waals surface area contributed by atoms with Crippen molar-refractivity contribution < 1.29 is 17.9 Å². The third-order valence-corrected chi connectivity index (χ3v) is 6.35. The zero-order valence-corrected chi connectivity index (χ0v) is 13.0. The van der Waals surface area contributed by atoms with Crippen molar-refractivity contribution in [1.82, 2.24) is 10.0 Å². The second-order valence-corrected chi connectivity index (χ2v) is 7.75. The first-order valence-electron chi connectivity index (χ1n) is 6.38. The Morgan fingerprint density at radius 3 is 2.90 bits per heavy atom. The molecule has 0 aromatic carbocycles. The molecule has 1 saturated heterocycles. The van der Waals surface area contributed by atoms with Gasteiger partial charge < -0.3 is 10.1 Å². The van der Waals surface area contributed by atoms with Gasteiger partial charge in [0.05, 0.1) is 7.11 Å². The van der Waals surface area contributed by atoms with Crippen LogP contribution in [0.5, 0.6) is 0 Å². The monoisotopic (exact) mass is 318 g/mol. The summed E-state index contributed by atoms with van der Waals surface area (Å²) in [6.07, 6.45) is 1.75. The smallest absolute Gasteiger partial charge is 0.348 e. The predicted octanol–water partition coefficient (Wildman–Crippen LogP) is 0.953. The molecule has 2 N–H and O–H groups in total. The third-order valence-electron chi connectivity index (χ3n) is 3.30. The van der Waals surface area contributed by atoms with Gasteiger partial charge in [0.1, 0.15) is 9.09 Å². The van der Waals surface area contributed by atoms with Crippen LogP contribution in [0, 0.1) is 0 Å². The van der Waals surface area contributed by atoms with Crippen LogP contribution in [0.2, 0.25) is 0 Å². The molecule has 0 spiro atoms. The van der Waals surface area contributed by atoms with Gasteiger partial charge in [0.2, 0.25) is 10.0 Å². The second-order valence-electron chi connectivity index (χ2n) is 4.72. The maximum absolute atomic E-state index is 12.3. The third kappa shape index (κ3) is 3.38. The van der Waals surface area contributed by atoms with Gasteiger partial charge in [-0.25, -0.2) is 17.9 Å². The highest BCUT2D eigenvalue weighted by atomic mass is 32.2. The Kier molecular flexibility index (Phi) is 4.79. The highest BCUT2D eigenvalue weighted by Gasteiger charge is 2.28. The number of esters is 1. The van der Waals surface area contributed by atoms with Gasteiger partial charge in [0.15, 0.2) is 0 Å². The molecule has 0 saturated carbocycles. The molecule has 1 fully saturated rings. The molecule has 0 bridgehead atoms. The summed E-state index contributed by atoms with van der Waals surface area (Å²) in [7, 11) is -2.33. The summed E-state index contributed by atoms with van der Waals surface area (Å²) < 4.78 is 32.0. The molecule has 2 atom stereocenters. The number of rotatable bonds is 4. The van der Waals surface area contributed by atoms with Gasteiger partial charge in [-0.3, -0.25) is 0 Å². The number of thiophene rings is 1. The molecule has 0 amide bonds. The van der Waals surface area contributed by atoms with Crippen LogP contribution >= 0.6 is 11.3 Å². The number of piperidine rings is 1. The SMILES string of the molecule is COC(=O)c1ccc(S(=O)(=O)NC2CCCNC2C)s1. The normalized spacial score (nSPS) is 23.5. The molecule has 8 heteroatoms. The Morgan fingerprint density at radius 1 is 1.50 bits per heavy atom. The fourth-order valence-corrected chi connectivity index (χ4v) is 4.73. The number of hydrogen-bond acceptors (Lipinski definition) is 6. The Hall–Kier alpha value is -0.960. The Labute approximate surface area is 122 Å². The summed E-state index contributed by atoms with van der Waals surface area (Å²) in [4.78, 5) is 11.6. The average molecular weight is 318 g/mol. The van der Waals surface area contributed by atoms with Crippen molar-refractivity contribution in [2.24, 2.45) is 0 Å². The number of carbonyl (C=O) groups is 1. The largest absolute Gasteiger partial charge is 0.465 e. The molecule has 20 heavy (non-hydrogen) atoms. The first kappa shape index (κ1) is 15.4. The molecule has 1 aromatic heterocycles. The number of sulfonamides is 1. The van der Waals surface area contributed by atoms with E-state index < -0.39 is 16.0 Å². The fraction of sp³-hybridized carbons (Fsp3) is 0.583. The van der Waals surface area contributed by atoms with Crippen LogP contribution in [0.1, 0.15) is 29.4 Å². The van der Waals surface area contributed by atoms with Crippen molar-refractivity contribution in [3.05, 3.63) is 17.0 Å². The maximum atomic E-state index is 12.3. The van der Waals surface area contributed by atoms with Gasteiger partial charge in [-0.15, -0.1) is 11.3 Å². The van der Waals surface area contributed by atoms with Gasteiger partial charge in [-0.05, 0) is 38.4 Å². The molecule has 6 nitrogen and oxygen atoms in total. The maximum Gasteiger partial charge on any atom is 0.348 e. The van der Waals surface area contributed by atoms with Crippen LogP contribution < -0.4 is 10.0 Å². The molecule has 2 heterocycles. The highest BCUT2D eigenvalue weighted by molar-refractivity contribution is 7.91. The van der Waals surface area contributed by atoms with Crippen LogP contribution in [0.25, 0.3) is 0 Å². The molecule has 1 aliphatic rings. The van der Waals surface area contributed by atoms with E-state index in [2.05, 4.69) is 14.8 Å². The molecule has 0 aliphatic carbocycles. The van der Waals surface area contributed by atoms with Crippen molar-refractivity contribution in [2.75, 3.05) is 13.7 Å². The molecular weight excluding hydrogens is 300 g/mol. The lowest BCUT2D eigenvalue weighted by molar-refractivity contribution is 0.0606. The number of ether oxygens (including phenoxy) is 1. The minimum Gasteiger partial charge on any atom is -0.465 e. The lowest BCUT2D eigenvalue weighted by atomic mass is 10.0. The summed E-state index contributed by atoms with van der Waals surface area (Å²) in [5.74, 6) is -0.524. The van der Waals surface area contributed by atoms with Crippen LogP contribution in [-0.4, -0.2) is 40.1 Å². The van der Waals surface area contributed by atoms with E-state index in [4.69, 9.17) is 0 Å². The fourth-order valence-electron chi connectivity index (χ4n) is 2.14. The van der Waals surface area contributed by atoms with E-state index in [1.165, 1.54) is 19.2 Å². The first-order chi connectivity index (χ1) is 9.44. The number of nitrogens with one attached hydrogen (secondary N) is 2. The molecule has 1 aromatic rings. The van der Waals surface area contributed by atoms with E-state index in [0.29, 0.717) is 0 Å².